The van der Waals surface area contributed by atoms with Gasteiger partial charge in [-0.15, -0.1) is 0 Å². The van der Waals surface area contributed by atoms with Gasteiger partial charge in [-0.3, -0.25) is 4.90 Å². The molecule has 5 nitrogen and oxygen atoms in total. The van der Waals surface area contributed by atoms with E-state index in [-0.39, 0.29) is 17.2 Å². The molecule has 32 heavy (non-hydrogen) atoms. The van der Waals surface area contributed by atoms with Gasteiger partial charge in [0.05, 0.1) is 29.8 Å². The summed E-state index contributed by atoms with van der Waals surface area (Å²) in [6.45, 7) is 17.7. The third-order valence-electron chi connectivity index (χ3n) is 8.16. The van der Waals surface area contributed by atoms with Gasteiger partial charge in [-0.05, 0) is 81.3 Å². The van der Waals surface area contributed by atoms with Crippen LogP contribution in [-0.4, -0.2) is 37.6 Å². The highest BCUT2D eigenvalue weighted by atomic mass is 28.4. The number of nitriles is 1. The van der Waals surface area contributed by atoms with E-state index in [1.54, 1.807) is 0 Å². The first-order chi connectivity index (χ1) is 14.8. The molecule has 1 fully saturated rings. The van der Waals surface area contributed by atoms with Crippen molar-refractivity contribution in [2.75, 3.05) is 6.61 Å². The standard InChI is InChI=1S/C26H40N2O3Si/c1-9-25(5,6)31-23(29)28-20(18-30-32(7,8)24(2,3)4)13-15-26(28)16-14-21-19(17-27)11-10-12-22(21)26/h10-12,20H,9,13-16,18H2,1-8H3. The van der Waals surface area contributed by atoms with Crippen LogP contribution in [0.3, 0.4) is 0 Å². The van der Waals surface area contributed by atoms with Crippen LogP contribution in [0.4, 0.5) is 4.79 Å². The lowest BCUT2D eigenvalue weighted by Crippen LogP contribution is -2.52. The van der Waals surface area contributed by atoms with Gasteiger partial charge in [0.15, 0.2) is 8.32 Å². The van der Waals surface area contributed by atoms with Gasteiger partial charge < -0.3 is 9.16 Å². The van der Waals surface area contributed by atoms with Crippen molar-refractivity contribution >= 4 is 14.4 Å². The predicted molar refractivity (Wildman–Crippen MR) is 130 cm³/mol. The molecule has 0 bridgehead atoms. The lowest BCUT2D eigenvalue weighted by Gasteiger charge is -2.42. The molecule has 1 saturated heterocycles. The number of rotatable bonds is 5. The second kappa shape index (κ2) is 8.50. The Kier molecular flexibility index (Phi) is 6.58. The van der Waals surface area contributed by atoms with Crippen molar-refractivity contribution in [2.45, 2.75) is 109 Å². The first-order valence-corrected chi connectivity index (χ1v) is 14.9. The second-order valence-corrected chi connectivity index (χ2v) is 16.4. The summed E-state index contributed by atoms with van der Waals surface area (Å²) in [6.07, 6.45) is 3.90. The molecule has 1 aromatic rings. The molecule has 2 aliphatic rings. The number of amides is 1. The number of ether oxygens (including phenoxy) is 1. The van der Waals surface area contributed by atoms with E-state index in [1.807, 2.05) is 37.8 Å². The summed E-state index contributed by atoms with van der Waals surface area (Å²) in [5, 5.41) is 9.74. The van der Waals surface area contributed by atoms with Gasteiger partial charge in [-0.1, -0.05) is 39.8 Å². The van der Waals surface area contributed by atoms with E-state index in [0.717, 1.165) is 48.8 Å². The Labute approximate surface area is 195 Å². The van der Waals surface area contributed by atoms with E-state index in [2.05, 4.69) is 46.0 Å². The molecule has 1 amide bonds. The summed E-state index contributed by atoms with van der Waals surface area (Å²) in [5.41, 5.74) is 2.00. The van der Waals surface area contributed by atoms with Gasteiger partial charge in [0.25, 0.3) is 0 Å². The highest BCUT2D eigenvalue weighted by Crippen LogP contribution is 2.52. The number of hydrogen-bond acceptors (Lipinski definition) is 4. The largest absolute Gasteiger partial charge is 0.443 e. The van der Waals surface area contributed by atoms with E-state index < -0.39 is 19.5 Å². The Balaban J connectivity index is 1.98. The summed E-state index contributed by atoms with van der Waals surface area (Å²) in [5.74, 6) is 0. The lowest BCUT2D eigenvalue weighted by molar-refractivity contribution is -0.0185. The molecule has 0 saturated carbocycles. The van der Waals surface area contributed by atoms with Gasteiger partial charge >= 0.3 is 6.09 Å². The molecule has 2 unspecified atom stereocenters. The molecule has 0 radical (unpaired) electrons. The summed E-state index contributed by atoms with van der Waals surface area (Å²) in [7, 11) is -1.95. The maximum atomic E-state index is 13.7. The average molecular weight is 457 g/mol. The highest BCUT2D eigenvalue weighted by molar-refractivity contribution is 6.74. The molecule has 1 aliphatic heterocycles. The minimum atomic E-state index is -1.95. The van der Waals surface area contributed by atoms with Crippen LogP contribution in [-0.2, 0) is 21.1 Å². The van der Waals surface area contributed by atoms with Crippen LogP contribution in [0.5, 0.6) is 0 Å². The molecule has 2 atom stereocenters. The molecule has 0 aromatic heterocycles. The van der Waals surface area contributed by atoms with Gasteiger partial charge in [0.2, 0.25) is 0 Å². The fraction of sp³-hybridized carbons (Fsp3) is 0.692. The maximum Gasteiger partial charge on any atom is 0.411 e. The van der Waals surface area contributed by atoms with Crippen molar-refractivity contribution in [3.05, 3.63) is 34.9 Å². The van der Waals surface area contributed by atoms with Crippen molar-refractivity contribution in [3.8, 4) is 6.07 Å². The van der Waals surface area contributed by atoms with Gasteiger partial charge in [0.1, 0.15) is 5.60 Å². The number of carbonyl (C=O) groups excluding carboxylic acids is 1. The van der Waals surface area contributed by atoms with E-state index >= 15 is 0 Å². The van der Waals surface area contributed by atoms with E-state index in [9.17, 15) is 10.1 Å². The minimum absolute atomic E-state index is 0.0269. The van der Waals surface area contributed by atoms with Crippen LogP contribution in [0.15, 0.2) is 18.2 Å². The number of fused-ring (bicyclic) bond motifs is 2. The van der Waals surface area contributed by atoms with E-state index in [4.69, 9.17) is 9.16 Å². The van der Waals surface area contributed by atoms with Crippen molar-refractivity contribution in [1.82, 2.24) is 4.90 Å². The Hall–Kier alpha value is -1.84. The fourth-order valence-electron chi connectivity index (χ4n) is 4.74. The van der Waals surface area contributed by atoms with Gasteiger partial charge in [-0.2, -0.15) is 5.26 Å². The van der Waals surface area contributed by atoms with Crippen LogP contribution < -0.4 is 0 Å². The number of hydrogen-bond donors (Lipinski definition) is 0. The van der Waals surface area contributed by atoms with Gasteiger partial charge in [-0.25, -0.2) is 4.79 Å². The Morgan fingerprint density at radius 1 is 1.25 bits per heavy atom. The zero-order valence-electron chi connectivity index (χ0n) is 21.2. The first kappa shape index (κ1) is 24.8. The SMILES string of the molecule is CCC(C)(C)OC(=O)N1C(CO[Si](C)(C)C(C)(C)C)CCC12CCc1c(C#N)cccc12. The zero-order chi connectivity index (χ0) is 23.9. The normalized spacial score (nSPS) is 23.3. The molecule has 1 aliphatic carbocycles. The first-order valence-electron chi connectivity index (χ1n) is 12.0. The van der Waals surface area contributed by atoms with Crippen molar-refractivity contribution in [2.24, 2.45) is 0 Å². The number of benzene rings is 1. The predicted octanol–water partition coefficient (Wildman–Crippen LogP) is 6.51. The molecule has 1 spiro atoms. The lowest BCUT2D eigenvalue weighted by atomic mass is 9.88. The minimum Gasteiger partial charge on any atom is -0.443 e. The molecule has 3 rings (SSSR count). The number of carbonyl (C=O) groups is 1. The Morgan fingerprint density at radius 3 is 2.53 bits per heavy atom. The second-order valence-electron chi connectivity index (χ2n) is 11.6. The van der Waals surface area contributed by atoms with Crippen molar-refractivity contribution in [1.29, 1.82) is 5.26 Å². The van der Waals surface area contributed by atoms with E-state index in [1.165, 1.54) is 0 Å². The Morgan fingerprint density at radius 2 is 1.94 bits per heavy atom. The molecule has 1 aromatic carbocycles. The quantitative estimate of drug-likeness (QED) is 0.474. The molecule has 1 heterocycles. The van der Waals surface area contributed by atoms with Gasteiger partial charge in [0, 0.05) is 0 Å². The van der Waals surface area contributed by atoms with Crippen molar-refractivity contribution in [3.63, 3.8) is 0 Å². The van der Waals surface area contributed by atoms with Crippen LogP contribution in [0.2, 0.25) is 18.1 Å². The monoisotopic (exact) mass is 456 g/mol. The zero-order valence-corrected chi connectivity index (χ0v) is 22.2. The summed E-state index contributed by atoms with van der Waals surface area (Å²) >= 11 is 0. The number of nitrogens with zero attached hydrogens (tertiary/aromatic N) is 2. The summed E-state index contributed by atoms with van der Waals surface area (Å²) in [4.78, 5) is 15.7. The maximum absolute atomic E-state index is 13.7. The third kappa shape index (κ3) is 4.34. The van der Waals surface area contributed by atoms with Crippen LogP contribution >= 0.6 is 0 Å². The number of likely N-dealkylation sites (tertiary alicyclic amines) is 1. The average Bonchev–Trinajstić information content (AvgIpc) is 3.27. The fourth-order valence-corrected chi connectivity index (χ4v) is 5.78. The summed E-state index contributed by atoms with van der Waals surface area (Å²) in [6, 6.07) is 8.25. The molecule has 176 valence electrons. The van der Waals surface area contributed by atoms with Crippen LogP contribution in [0.25, 0.3) is 0 Å². The van der Waals surface area contributed by atoms with Crippen LogP contribution in [0.1, 0.15) is 83.9 Å². The topological polar surface area (TPSA) is 62.6 Å². The molecular weight excluding hydrogens is 416 g/mol. The smallest absolute Gasteiger partial charge is 0.411 e. The third-order valence-corrected chi connectivity index (χ3v) is 12.7. The van der Waals surface area contributed by atoms with E-state index in [0.29, 0.717) is 6.61 Å². The molecular formula is C26H40N2O3Si. The van der Waals surface area contributed by atoms with Crippen LogP contribution in [0, 0.1) is 11.3 Å². The highest BCUT2D eigenvalue weighted by Gasteiger charge is 2.55. The summed E-state index contributed by atoms with van der Waals surface area (Å²) < 4.78 is 12.6. The Bertz CT molecular complexity index is 913. The molecule has 6 heteroatoms. The van der Waals surface area contributed by atoms with Crippen molar-refractivity contribution < 1.29 is 14.0 Å². The molecule has 0 N–H and O–H groups in total.